The summed E-state index contributed by atoms with van der Waals surface area (Å²) in [7, 11) is 1.53. The maximum absolute atomic E-state index is 11.6. The number of nitrogens with one attached hydrogen (secondary N) is 1. The fourth-order valence-corrected chi connectivity index (χ4v) is 1.60. The zero-order valence-electron chi connectivity index (χ0n) is 10.6. The van der Waals surface area contributed by atoms with Crippen LogP contribution in [0.25, 0.3) is 0 Å². The van der Waals surface area contributed by atoms with Crippen LogP contribution in [0.2, 0.25) is 0 Å². The third-order valence-corrected chi connectivity index (χ3v) is 2.47. The Labute approximate surface area is 107 Å². The molecule has 1 unspecified atom stereocenters. The van der Waals surface area contributed by atoms with Crippen molar-refractivity contribution in [2.45, 2.75) is 18.9 Å². The van der Waals surface area contributed by atoms with Crippen LogP contribution in [-0.4, -0.2) is 37.4 Å². The van der Waals surface area contributed by atoms with Crippen molar-refractivity contribution in [3.05, 3.63) is 29.8 Å². The van der Waals surface area contributed by atoms with Crippen LogP contribution in [0.3, 0.4) is 0 Å². The maximum Gasteiger partial charge on any atom is 0.224 e. The third-order valence-electron chi connectivity index (χ3n) is 2.47. The van der Waals surface area contributed by atoms with Gasteiger partial charge in [-0.3, -0.25) is 4.79 Å². The molecule has 0 saturated carbocycles. The Morgan fingerprint density at radius 2 is 2.33 bits per heavy atom. The zero-order valence-corrected chi connectivity index (χ0v) is 10.6. The molecule has 0 saturated heterocycles. The second-order valence-electron chi connectivity index (χ2n) is 4.17. The highest BCUT2D eigenvalue weighted by atomic mass is 16.5. The lowest BCUT2D eigenvalue weighted by molar-refractivity contribution is -0.120. The summed E-state index contributed by atoms with van der Waals surface area (Å²) in [5.74, 6) is -0.0785. The molecule has 0 fully saturated rings. The molecule has 100 valence electrons. The number of aliphatic hydroxyl groups excluding tert-OH is 1. The number of amides is 1. The van der Waals surface area contributed by atoms with Crippen molar-refractivity contribution in [3.63, 3.8) is 0 Å². The number of methoxy groups -OCH3 is 1. The smallest absolute Gasteiger partial charge is 0.224 e. The summed E-state index contributed by atoms with van der Waals surface area (Å²) in [4.78, 5) is 11.6. The number of anilines is 1. The first-order chi connectivity index (χ1) is 8.61. The minimum absolute atomic E-state index is 0.0785. The van der Waals surface area contributed by atoms with Gasteiger partial charge in [0.15, 0.2) is 0 Å². The summed E-state index contributed by atoms with van der Waals surface area (Å²) >= 11 is 0. The van der Waals surface area contributed by atoms with E-state index in [1.807, 2.05) is 12.1 Å². The molecule has 1 aromatic rings. The van der Waals surface area contributed by atoms with E-state index in [1.54, 1.807) is 12.1 Å². The number of nitrogen functional groups attached to an aromatic ring is 1. The number of hydrogen-bond acceptors (Lipinski definition) is 4. The number of carbonyl (C=O) groups excluding carboxylic acids is 1. The van der Waals surface area contributed by atoms with Gasteiger partial charge in [-0.2, -0.15) is 0 Å². The van der Waals surface area contributed by atoms with Crippen LogP contribution in [0.1, 0.15) is 12.0 Å². The number of carbonyl (C=O) groups is 1. The average molecular weight is 252 g/mol. The quantitative estimate of drug-likeness (QED) is 0.610. The van der Waals surface area contributed by atoms with Crippen molar-refractivity contribution in [2.24, 2.45) is 0 Å². The molecule has 1 rings (SSSR count). The van der Waals surface area contributed by atoms with Crippen molar-refractivity contribution >= 4 is 11.6 Å². The van der Waals surface area contributed by atoms with Gasteiger partial charge in [-0.1, -0.05) is 12.1 Å². The van der Waals surface area contributed by atoms with Crippen LogP contribution in [0.15, 0.2) is 24.3 Å². The van der Waals surface area contributed by atoms with Gasteiger partial charge in [0.25, 0.3) is 0 Å². The molecule has 0 radical (unpaired) electrons. The summed E-state index contributed by atoms with van der Waals surface area (Å²) in [5, 5.41) is 12.1. The van der Waals surface area contributed by atoms with Crippen LogP contribution >= 0.6 is 0 Å². The van der Waals surface area contributed by atoms with E-state index in [4.69, 9.17) is 10.5 Å². The fraction of sp³-hybridized carbons (Fsp3) is 0.462. The van der Waals surface area contributed by atoms with Gasteiger partial charge >= 0.3 is 0 Å². The average Bonchev–Trinajstić information content (AvgIpc) is 2.29. The van der Waals surface area contributed by atoms with Gasteiger partial charge < -0.3 is 20.9 Å². The molecule has 5 heteroatoms. The first-order valence-electron chi connectivity index (χ1n) is 5.90. The second kappa shape index (κ2) is 7.68. The second-order valence-corrected chi connectivity index (χ2v) is 4.17. The van der Waals surface area contributed by atoms with Gasteiger partial charge in [-0.15, -0.1) is 0 Å². The Morgan fingerprint density at radius 1 is 1.56 bits per heavy atom. The number of ether oxygens (including phenoxy) is 1. The van der Waals surface area contributed by atoms with E-state index in [1.165, 1.54) is 7.11 Å². The highest BCUT2D eigenvalue weighted by molar-refractivity contribution is 5.78. The monoisotopic (exact) mass is 252 g/mol. The highest BCUT2D eigenvalue weighted by Crippen LogP contribution is 2.06. The normalized spacial score (nSPS) is 12.1. The summed E-state index contributed by atoms with van der Waals surface area (Å²) in [6.07, 6.45) is 0.240. The molecule has 0 spiro atoms. The molecule has 1 atom stereocenters. The minimum Gasteiger partial charge on any atom is -0.399 e. The lowest BCUT2D eigenvalue weighted by Crippen LogP contribution is -2.29. The number of benzene rings is 1. The van der Waals surface area contributed by atoms with Crippen LogP contribution < -0.4 is 11.1 Å². The molecule has 0 aliphatic rings. The lowest BCUT2D eigenvalue weighted by Gasteiger charge is -2.10. The first-order valence-corrected chi connectivity index (χ1v) is 5.90. The summed E-state index contributed by atoms with van der Waals surface area (Å²) < 4.78 is 4.79. The maximum atomic E-state index is 11.6. The van der Waals surface area contributed by atoms with Gasteiger partial charge in [0.1, 0.15) is 0 Å². The largest absolute Gasteiger partial charge is 0.399 e. The van der Waals surface area contributed by atoms with E-state index < -0.39 is 6.10 Å². The zero-order chi connectivity index (χ0) is 13.4. The van der Waals surface area contributed by atoms with Crippen molar-refractivity contribution in [3.8, 4) is 0 Å². The Bertz CT molecular complexity index is 382. The molecule has 18 heavy (non-hydrogen) atoms. The fourth-order valence-electron chi connectivity index (χ4n) is 1.60. The highest BCUT2D eigenvalue weighted by Gasteiger charge is 2.06. The topological polar surface area (TPSA) is 84.6 Å². The van der Waals surface area contributed by atoms with Gasteiger partial charge in [-0.05, 0) is 24.1 Å². The lowest BCUT2D eigenvalue weighted by atomic mass is 10.1. The van der Waals surface area contributed by atoms with Crippen LogP contribution in [0, 0.1) is 0 Å². The molecule has 0 aliphatic heterocycles. The summed E-state index contributed by atoms with van der Waals surface area (Å²) in [5.41, 5.74) is 7.16. The Kier molecular flexibility index (Phi) is 6.18. The molecule has 1 amide bonds. The van der Waals surface area contributed by atoms with Gasteiger partial charge in [0, 0.05) is 19.3 Å². The number of aliphatic hydroxyl groups is 1. The van der Waals surface area contributed by atoms with Crippen LogP contribution in [0.4, 0.5) is 5.69 Å². The van der Waals surface area contributed by atoms with E-state index in [0.29, 0.717) is 25.1 Å². The van der Waals surface area contributed by atoms with E-state index in [-0.39, 0.29) is 12.5 Å². The van der Waals surface area contributed by atoms with E-state index in [2.05, 4.69) is 5.32 Å². The predicted octanol–water partition coefficient (Wildman–Crippen LogP) is 0.325. The SMILES string of the molecule is COCC(O)CCNC(=O)Cc1cccc(N)c1. The Hall–Kier alpha value is -1.59. The van der Waals surface area contributed by atoms with Crippen molar-refractivity contribution in [1.82, 2.24) is 5.32 Å². The molecular formula is C13H20N2O3. The van der Waals surface area contributed by atoms with E-state index >= 15 is 0 Å². The summed E-state index contributed by atoms with van der Waals surface area (Å²) in [6, 6.07) is 7.23. The summed E-state index contributed by atoms with van der Waals surface area (Å²) in [6.45, 7) is 0.719. The molecule has 0 aliphatic carbocycles. The van der Waals surface area contributed by atoms with Gasteiger partial charge in [0.05, 0.1) is 19.1 Å². The Balaban J connectivity index is 2.25. The molecule has 1 aromatic carbocycles. The van der Waals surface area contributed by atoms with Crippen LogP contribution in [0.5, 0.6) is 0 Å². The molecular weight excluding hydrogens is 232 g/mol. The van der Waals surface area contributed by atoms with Gasteiger partial charge in [-0.25, -0.2) is 0 Å². The predicted molar refractivity (Wildman–Crippen MR) is 70.1 cm³/mol. The molecule has 5 nitrogen and oxygen atoms in total. The Morgan fingerprint density at radius 3 is 3.00 bits per heavy atom. The van der Waals surface area contributed by atoms with Crippen molar-refractivity contribution in [1.29, 1.82) is 0 Å². The van der Waals surface area contributed by atoms with Gasteiger partial charge in [0.2, 0.25) is 5.91 Å². The molecule has 0 heterocycles. The third kappa shape index (κ3) is 5.65. The number of rotatable bonds is 7. The standard InChI is InChI=1S/C13H20N2O3/c1-18-9-12(16)5-6-15-13(17)8-10-3-2-4-11(14)7-10/h2-4,7,12,16H,5-6,8-9,14H2,1H3,(H,15,17). The number of nitrogens with two attached hydrogens (primary N) is 1. The van der Waals surface area contributed by atoms with Crippen LogP contribution in [-0.2, 0) is 16.0 Å². The van der Waals surface area contributed by atoms with Crippen molar-refractivity contribution < 1.29 is 14.6 Å². The van der Waals surface area contributed by atoms with E-state index in [9.17, 15) is 9.90 Å². The first kappa shape index (κ1) is 14.5. The molecule has 4 N–H and O–H groups in total. The molecule has 0 bridgehead atoms. The molecule has 0 aromatic heterocycles. The minimum atomic E-state index is -0.539. The van der Waals surface area contributed by atoms with Crippen molar-refractivity contribution in [2.75, 3.05) is 26.0 Å². The number of hydrogen-bond donors (Lipinski definition) is 3. The van der Waals surface area contributed by atoms with E-state index in [0.717, 1.165) is 5.56 Å².